The number of hydrogen-bond acceptors (Lipinski definition) is 2. The van der Waals surface area contributed by atoms with E-state index in [2.05, 4.69) is 5.32 Å². The van der Waals surface area contributed by atoms with Gasteiger partial charge in [0.25, 0.3) is 0 Å². The van der Waals surface area contributed by atoms with Crippen molar-refractivity contribution in [1.82, 2.24) is 5.32 Å². The van der Waals surface area contributed by atoms with Crippen molar-refractivity contribution in [2.24, 2.45) is 5.92 Å². The number of benzene rings is 2. The van der Waals surface area contributed by atoms with Gasteiger partial charge in [-0.15, -0.1) is 0 Å². The molecule has 3 atom stereocenters. The zero-order chi connectivity index (χ0) is 20.5. The Morgan fingerprint density at radius 3 is 2.04 bits per heavy atom. The van der Waals surface area contributed by atoms with Crippen molar-refractivity contribution in [3.63, 3.8) is 0 Å². The molecule has 1 N–H and O–H groups in total. The van der Waals surface area contributed by atoms with Gasteiger partial charge in [-0.05, 0) is 42.3 Å². The molecular weight excluding hydrogens is 367 g/mol. The third-order valence-corrected chi connectivity index (χ3v) is 5.05. The molecule has 28 heavy (non-hydrogen) atoms. The first-order chi connectivity index (χ1) is 13.1. The summed E-state index contributed by atoms with van der Waals surface area (Å²) >= 11 is 0. The summed E-state index contributed by atoms with van der Waals surface area (Å²) in [5.74, 6) is -2.04. The molecule has 0 spiro atoms. The Morgan fingerprint density at radius 1 is 0.964 bits per heavy atom. The van der Waals surface area contributed by atoms with Gasteiger partial charge in [0.2, 0.25) is 5.91 Å². The molecular formula is C22H24F3NO2. The van der Waals surface area contributed by atoms with Crippen molar-refractivity contribution < 1.29 is 22.7 Å². The van der Waals surface area contributed by atoms with E-state index < -0.39 is 29.4 Å². The van der Waals surface area contributed by atoms with Crippen LogP contribution in [0.1, 0.15) is 56.9 Å². The van der Waals surface area contributed by atoms with Gasteiger partial charge in [0.1, 0.15) is 17.5 Å². The zero-order valence-electron chi connectivity index (χ0n) is 16.1. The maximum absolute atomic E-state index is 13.7. The fraction of sp³-hybridized carbons (Fsp3) is 0.409. The molecule has 3 nitrogen and oxygen atoms in total. The van der Waals surface area contributed by atoms with Crippen LogP contribution < -0.4 is 5.32 Å². The van der Waals surface area contributed by atoms with Crippen LogP contribution in [0.25, 0.3) is 0 Å². The normalized spacial score (nSPS) is 25.0. The number of amides is 1. The fourth-order valence-electron chi connectivity index (χ4n) is 3.57. The van der Waals surface area contributed by atoms with Crippen molar-refractivity contribution in [2.75, 3.05) is 0 Å². The highest BCUT2D eigenvalue weighted by molar-refractivity contribution is 5.78. The Bertz CT molecular complexity index is 833. The summed E-state index contributed by atoms with van der Waals surface area (Å²) < 4.78 is 47.0. The van der Waals surface area contributed by atoms with Gasteiger partial charge in [0.15, 0.2) is 0 Å². The third kappa shape index (κ3) is 4.73. The first-order valence-corrected chi connectivity index (χ1v) is 9.34. The molecule has 1 heterocycles. The van der Waals surface area contributed by atoms with Gasteiger partial charge < -0.3 is 10.1 Å². The molecule has 150 valence electrons. The summed E-state index contributed by atoms with van der Waals surface area (Å²) in [6, 6.07) is 9.22. The average Bonchev–Trinajstić information content (AvgIpc) is 2.60. The highest BCUT2D eigenvalue weighted by Crippen LogP contribution is 2.44. The molecule has 1 saturated heterocycles. The highest BCUT2D eigenvalue weighted by atomic mass is 19.1. The van der Waals surface area contributed by atoms with Crippen LogP contribution in [-0.2, 0) is 9.53 Å². The smallest absolute Gasteiger partial charge is 0.222 e. The van der Waals surface area contributed by atoms with Crippen LogP contribution >= 0.6 is 0 Å². The van der Waals surface area contributed by atoms with Gasteiger partial charge in [-0.25, -0.2) is 13.2 Å². The molecule has 0 aliphatic carbocycles. The van der Waals surface area contributed by atoms with Crippen molar-refractivity contribution in [1.29, 1.82) is 0 Å². The van der Waals surface area contributed by atoms with Crippen LogP contribution in [0.4, 0.5) is 13.2 Å². The van der Waals surface area contributed by atoms with Crippen LogP contribution in [-0.4, -0.2) is 11.4 Å². The minimum Gasteiger partial charge on any atom is -0.365 e. The van der Waals surface area contributed by atoms with Gasteiger partial charge >= 0.3 is 0 Å². The number of halogens is 3. The van der Waals surface area contributed by atoms with Crippen molar-refractivity contribution in [2.45, 2.75) is 51.4 Å². The maximum atomic E-state index is 13.7. The van der Waals surface area contributed by atoms with Crippen molar-refractivity contribution >= 4 is 5.91 Å². The Hall–Kier alpha value is -2.34. The Kier molecular flexibility index (Phi) is 5.79. The van der Waals surface area contributed by atoms with Crippen LogP contribution in [0.3, 0.4) is 0 Å². The second kappa shape index (κ2) is 7.95. The van der Waals surface area contributed by atoms with E-state index in [1.54, 1.807) is 26.0 Å². The number of ether oxygens (including phenoxy) is 1. The van der Waals surface area contributed by atoms with E-state index in [-0.39, 0.29) is 17.6 Å². The van der Waals surface area contributed by atoms with E-state index in [0.29, 0.717) is 18.4 Å². The van der Waals surface area contributed by atoms with Crippen molar-refractivity contribution in [3.05, 3.63) is 71.0 Å². The molecule has 2 aromatic rings. The SMILES string of the molecule is CC(C)C(=O)N[C@]1(C)C[C@@H](c2ccc(F)cc2)O[C@@H](c2cc(F)cc(F)c2)C1. The highest BCUT2D eigenvalue weighted by Gasteiger charge is 2.40. The fourth-order valence-corrected chi connectivity index (χ4v) is 3.57. The molecule has 0 aromatic heterocycles. The molecule has 1 aliphatic heterocycles. The predicted octanol–water partition coefficient (Wildman–Crippen LogP) is 5.23. The molecule has 1 aliphatic rings. The predicted molar refractivity (Wildman–Crippen MR) is 99.9 cm³/mol. The summed E-state index contributed by atoms with van der Waals surface area (Å²) in [6.45, 7) is 5.50. The van der Waals surface area contributed by atoms with Crippen molar-refractivity contribution in [3.8, 4) is 0 Å². The molecule has 1 fully saturated rings. The van der Waals surface area contributed by atoms with Crippen LogP contribution in [0.5, 0.6) is 0 Å². The monoisotopic (exact) mass is 391 g/mol. The van der Waals surface area contributed by atoms with E-state index in [4.69, 9.17) is 4.74 Å². The standard InChI is InChI=1S/C22H24F3NO2/c1-13(2)21(27)26-22(3)11-19(14-4-6-16(23)7-5-14)28-20(12-22)15-8-17(24)10-18(25)9-15/h4-10,13,19-20H,11-12H2,1-3H3,(H,26,27)/t19-,20+,22+/m0/s1. The first kappa shape index (κ1) is 20.4. The molecule has 0 unspecified atom stereocenters. The van der Waals surface area contributed by atoms with Gasteiger partial charge in [-0.3, -0.25) is 4.79 Å². The van der Waals surface area contributed by atoms with Gasteiger partial charge in [0.05, 0.1) is 12.2 Å². The lowest BCUT2D eigenvalue weighted by Gasteiger charge is -2.43. The van der Waals surface area contributed by atoms with E-state index in [1.165, 1.54) is 24.3 Å². The largest absolute Gasteiger partial charge is 0.365 e. The number of carbonyl (C=O) groups is 1. The lowest BCUT2D eigenvalue weighted by atomic mass is 9.81. The second-order valence-electron chi connectivity index (χ2n) is 7.98. The van der Waals surface area contributed by atoms with Gasteiger partial charge in [-0.2, -0.15) is 0 Å². The summed E-state index contributed by atoms with van der Waals surface area (Å²) in [7, 11) is 0. The topological polar surface area (TPSA) is 38.3 Å². The number of carbonyl (C=O) groups excluding carboxylic acids is 1. The second-order valence-corrected chi connectivity index (χ2v) is 7.98. The minimum atomic E-state index is -0.685. The Balaban J connectivity index is 1.95. The number of rotatable bonds is 4. The molecule has 0 bridgehead atoms. The van der Waals surface area contributed by atoms with Gasteiger partial charge in [-0.1, -0.05) is 26.0 Å². The van der Waals surface area contributed by atoms with E-state index in [1.807, 2.05) is 6.92 Å². The summed E-state index contributed by atoms with van der Waals surface area (Å²) in [5, 5.41) is 3.05. The van der Waals surface area contributed by atoms with Gasteiger partial charge in [0, 0.05) is 30.4 Å². The zero-order valence-corrected chi connectivity index (χ0v) is 16.1. The van der Waals surface area contributed by atoms with Crippen LogP contribution in [0, 0.1) is 23.4 Å². The first-order valence-electron chi connectivity index (χ1n) is 9.34. The molecule has 1 amide bonds. The number of hydrogen-bond donors (Lipinski definition) is 1. The lowest BCUT2D eigenvalue weighted by molar-refractivity contribution is -0.131. The molecule has 0 saturated carbocycles. The molecule has 3 rings (SSSR count). The minimum absolute atomic E-state index is 0.105. The third-order valence-electron chi connectivity index (χ3n) is 5.05. The Morgan fingerprint density at radius 2 is 1.50 bits per heavy atom. The number of nitrogens with one attached hydrogen (secondary N) is 1. The van der Waals surface area contributed by atoms with Crippen LogP contribution in [0.2, 0.25) is 0 Å². The Labute approximate surface area is 162 Å². The van der Waals surface area contributed by atoms with E-state index in [9.17, 15) is 18.0 Å². The lowest BCUT2D eigenvalue weighted by Crippen LogP contribution is -2.52. The van der Waals surface area contributed by atoms with Crippen LogP contribution in [0.15, 0.2) is 42.5 Å². The van der Waals surface area contributed by atoms with E-state index in [0.717, 1.165) is 11.6 Å². The van der Waals surface area contributed by atoms with E-state index >= 15 is 0 Å². The maximum Gasteiger partial charge on any atom is 0.222 e. The molecule has 0 radical (unpaired) electrons. The summed E-state index contributed by atoms with van der Waals surface area (Å²) in [5.41, 5.74) is 0.467. The quantitative estimate of drug-likeness (QED) is 0.775. The molecule has 6 heteroatoms. The summed E-state index contributed by atoms with van der Waals surface area (Å²) in [4.78, 5) is 12.3. The average molecular weight is 391 g/mol. The molecule has 2 aromatic carbocycles. The summed E-state index contributed by atoms with van der Waals surface area (Å²) in [6.07, 6.45) is -0.244.